The van der Waals surface area contributed by atoms with Gasteiger partial charge in [0.15, 0.2) is 17.0 Å². The molecule has 33 heavy (non-hydrogen) atoms. The molecule has 2 aliphatic heterocycles. The predicted octanol–water partition coefficient (Wildman–Crippen LogP) is 2.34. The number of aromatic nitrogens is 6. The Morgan fingerprint density at radius 3 is 2.70 bits per heavy atom. The summed E-state index contributed by atoms with van der Waals surface area (Å²) in [5.41, 5.74) is 1.76. The first-order valence-corrected chi connectivity index (χ1v) is 11.2. The first kappa shape index (κ1) is 22.1. The lowest BCUT2D eigenvalue weighted by Crippen LogP contribution is -2.38. The molecular formula is C21H27F3N8O. The van der Waals surface area contributed by atoms with Crippen LogP contribution in [0.4, 0.5) is 19.0 Å². The number of nitrogens with zero attached hydrogens (tertiary/aromatic N) is 8. The molecule has 9 nitrogen and oxygen atoms in total. The standard InChI is InChI=1S/C21H27F3N8O/c1-29-16(4-5-26-29)12-30-6-2-3-15(11-30)18-27-19(31-7-9-33-10-8-31)17-20(28-18)32(14-25-17)13-21(22,23)24/h4-5,14-15H,2-3,6-13H2,1H3. The van der Waals surface area contributed by atoms with E-state index in [0.717, 1.165) is 42.7 Å². The van der Waals surface area contributed by atoms with E-state index in [1.807, 2.05) is 22.7 Å². The molecule has 0 aliphatic carbocycles. The molecule has 1 unspecified atom stereocenters. The number of anilines is 1. The van der Waals surface area contributed by atoms with Gasteiger partial charge in [0.25, 0.3) is 0 Å². The number of morpholine rings is 1. The van der Waals surface area contributed by atoms with Crippen molar-refractivity contribution in [3.8, 4) is 0 Å². The van der Waals surface area contributed by atoms with Crippen LogP contribution in [0, 0.1) is 0 Å². The average molecular weight is 464 g/mol. The van der Waals surface area contributed by atoms with Gasteiger partial charge in [-0.3, -0.25) is 9.58 Å². The Labute approximate surface area is 189 Å². The molecule has 3 aromatic heterocycles. The van der Waals surface area contributed by atoms with Crippen molar-refractivity contribution in [1.29, 1.82) is 0 Å². The van der Waals surface area contributed by atoms with Crippen molar-refractivity contribution in [3.05, 3.63) is 30.1 Å². The lowest BCUT2D eigenvalue weighted by molar-refractivity contribution is -0.140. The van der Waals surface area contributed by atoms with Crippen LogP contribution < -0.4 is 4.90 Å². The van der Waals surface area contributed by atoms with Gasteiger partial charge in [-0.15, -0.1) is 0 Å². The second kappa shape index (κ2) is 8.90. The number of alkyl halides is 3. The van der Waals surface area contributed by atoms with Gasteiger partial charge in [0, 0.05) is 45.3 Å². The van der Waals surface area contributed by atoms with E-state index in [2.05, 4.69) is 20.0 Å². The Hall–Kier alpha value is -2.73. The lowest BCUT2D eigenvalue weighted by atomic mass is 9.97. The molecule has 1 atom stereocenters. The van der Waals surface area contributed by atoms with E-state index in [0.29, 0.717) is 43.5 Å². The number of likely N-dealkylation sites (tertiary alicyclic amines) is 1. The summed E-state index contributed by atoms with van der Waals surface area (Å²) in [6.45, 7) is 3.66. The molecule has 0 saturated carbocycles. The molecular weight excluding hydrogens is 437 g/mol. The first-order chi connectivity index (χ1) is 15.9. The quantitative estimate of drug-likeness (QED) is 0.574. The molecule has 178 valence electrons. The number of ether oxygens (including phenoxy) is 1. The fraction of sp³-hybridized carbons (Fsp3) is 0.619. The Bertz CT molecular complexity index is 1100. The van der Waals surface area contributed by atoms with Crippen LogP contribution in [0.15, 0.2) is 18.6 Å². The highest BCUT2D eigenvalue weighted by Gasteiger charge is 2.31. The summed E-state index contributed by atoms with van der Waals surface area (Å²) in [7, 11) is 1.92. The topological polar surface area (TPSA) is 77.1 Å². The van der Waals surface area contributed by atoms with Crippen molar-refractivity contribution >= 4 is 17.0 Å². The van der Waals surface area contributed by atoms with E-state index in [1.54, 1.807) is 6.20 Å². The number of piperidine rings is 1. The summed E-state index contributed by atoms with van der Waals surface area (Å²) < 4.78 is 48.0. The molecule has 0 spiro atoms. The van der Waals surface area contributed by atoms with E-state index >= 15 is 0 Å². The number of halogens is 3. The van der Waals surface area contributed by atoms with E-state index in [4.69, 9.17) is 9.72 Å². The Kier molecular flexibility index (Phi) is 5.95. The van der Waals surface area contributed by atoms with Gasteiger partial charge in [-0.05, 0) is 25.5 Å². The number of hydrogen-bond donors (Lipinski definition) is 0. The largest absolute Gasteiger partial charge is 0.406 e. The highest BCUT2D eigenvalue weighted by molar-refractivity contribution is 5.83. The summed E-state index contributed by atoms with van der Waals surface area (Å²) in [6.07, 6.45) is 0.505. The maximum atomic E-state index is 13.2. The molecule has 0 bridgehead atoms. The van der Waals surface area contributed by atoms with Crippen molar-refractivity contribution < 1.29 is 17.9 Å². The summed E-state index contributed by atoms with van der Waals surface area (Å²) in [4.78, 5) is 18.1. The molecule has 5 rings (SSSR count). The fourth-order valence-corrected chi connectivity index (χ4v) is 4.63. The number of aryl methyl sites for hydroxylation is 1. The molecule has 0 radical (unpaired) electrons. The van der Waals surface area contributed by atoms with Gasteiger partial charge in [0.2, 0.25) is 0 Å². The zero-order valence-electron chi connectivity index (χ0n) is 18.5. The molecule has 3 aromatic rings. The molecule has 0 N–H and O–H groups in total. The van der Waals surface area contributed by atoms with Crippen LogP contribution in [0.5, 0.6) is 0 Å². The Morgan fingerprint density at radius 2 is 1.97 bits per heavy atom. The number of fused-ring (bicyclic) bond motifs is 1. The Morgan fingerprint density at radius 1 is 1.15 bits per heavy atom. The van der Waals surface area contributed by atoms with Crippen molar-refractivity contribution in [2.75, 3.05) is 44.3 Å². The zero-order chi connectivity index (χ0) is 23.0. The third-order valence-corrected chi connectivity index (χ3v) is 6.30. The average Bonchev–Trinajstić information content (AvgIpc) is 3.39. The molecule has 2 fully saturated rings. The smallest absolute Gasteiger partial charge is 0.378 e. The second-order valence-electron chi connectivity index (χ2n) is 8.69. The first-order valence-electron chi connectivity index (χ1n) is 11.2. The number of imidazole rings is 1. The van der Waals surface area contributed by atoms with E-state index in [9.17, 15) is 13.2 Å². The van der Waals surface area contributed by atoms with Crippen molar-refractivity contribution in [3.63, 3.8) is 0 Å². The summed E-state index contributed by atoms with van der Waals surface area (Å²) in [5.74, 6) is 1.22. The molecule has 5 heterocycles. The molecule has 2 aliphatic rings. The van der Waals surface area contributed by atoms with Gasteiger partial charge in [-0.25, -0.2) is 15.0 Å². The van der Waals surface area contributed by atoms with Gasteiger partial charge < -0.3 is 14.2 Å². The highest BCUT2D eigenvalue weighted by atomic mass is 19.4. The Balaban J connectivity index is 1.48. The summed E-state index contributed by atoms with van der Waals surface area (Å²) in [6, 6.07) is 2.00. The maximum absolute atomic E-state index is 13.2. The number of hydrogen-bond acceptors (Lipinski definition) is 7. The third-order valence-electron chi connectivity index (χ3n) is 6.30. The van der Waals surface area contributed by atoms with Gasteiger partial charge in [-0.2, -0.15) is 18.3 Å². The minimum Gasteiger partial charge on any atom is -0.378 e. The van der Waals surface area contributed by atoms with Crippen molar-refractivity contribution in [1.82, 2.24) is 34.2 Å². The SMILES string of the molecule is Cn1nccc1CN1CCCC(c2nc(N3CCOCC3)c3ncn(CC(F)(F)F)c3n2)C1. The molecule has 2 saturated heterocycles. The van der Waals surface area contributed by atoms with Crippen molar-refractivity contribution in [2.24, 2.45) is 7.05 Å². The van der Waals surface area contributed by atoms with Crippen LogP contribution in [-0.4, -0.2) is 79.8 Å². The third kappa shape index (κ3) is 4.81. The van der Waals surface area contributed by atoms with Gasteiger partial charge >= 0.3 is 6.18 Å². The summed E-state index contributed by atoms with van der Waals surface area (Å²) in [5, 5.41) is 4.24. The summed E-state index contributed by atoms with van der Waals surface area (Å²) >= 11 is 0. The second-order valence-corrected chi connectivity index (χ2v) is 8.69. The molecule has 12 heteroatoms. The highest BCUT2D eigenvalue weighted by Crippen LogP contribution is 2.31. The van der Waals surface area contributed by atoms with E-state index in [1.165, 1.54) is 6.33 Å². The van der Waals surface area contributed by atoms with Gasteiger partial charge in [0.05, 0.1) is 25.2 Å². The maximum Gasteiger partial charge on any atom is 0.406 e. The van der Waals surface area contributed by atoms with E-state index in [-0.39, 0.29) is 11.6 Å². The van der Waals surface area contributed by atoms with Gasteiger partial charge in [-0.1, -0.05) is 0 Å². The van der Waals surface area contributed by atoms with Crippen molar-refractivity contribution in [2.45, 2.75) is 38.0 Å². The molecule has 0 aromatic carbocycles. The number of rotatable bonds is 5. The van der Waals surface area contributed by atoms with E-state index < -0.39 is 12.7 Å². The normalized spacial score (nSPS) is 20.6. The van der Waals surface area contributed by atoms with Crippen LogP contribution in [0.1, 0.15) is 30.3 Å². The van der Waals surface area contributed by atoms with Crippen LogP contribution in [-0.2, 0) is 24.9 Å². The van der Waals surface area contributed by atoms with Crippen LogP contribution >= 0.6 is 0 Å². The molecule has 0 amide bonds. The van der Waals surface area contributed by atoms with Crippen LogP contribution in [0.3, 0.4) is 0 Å². The lowest BCUT2D eigenvalue weighted by Gasteiger charge is -2.33. The van der Waals surface area contributed by atoms with Crippen LogP contribution in [0.2, 0.25) is 0 Å². The predicted molar refractivity (Wildman–Crippen MR) is 115 cm³/mol. The zero-order valence-corrected chi connectivity index (χ0v) is 18.5. The minimum absolute atomic E-state index is 0.0328. The van der Waals surface area contributed by atoms with Crippen LogP contribution in [0.25, 0.3) is 11.2 Å². The minimum atomic E-state index is -4.36. The van der Waals surface area contributed by atoms with Gasteiger partial charge in [0.1, 0.15) is 12.4 Å². The fourth-order valence-electron chi connectivity index (χ4n) is 4.63. The monoisotopic (exact) mass is 464 g/mol.